The molecule has 1 N–H and O–H groups in total. The highest BCUT2D eigenvalue weighted by molar-refractivity contribution is 5.93. The van der Waals surface area contributed by atoms with Crippen molar-refractivity contribution in [1.29, 1.82) is 0 Å². The van der Waals surface area contributed by atoms with Gasteiger partial charge in [0, 0.05) is 19.6 Å². The van der Waals surface area contributed by atoms with Gasteiger partial charge in [0.15, 0.2) is 5.69 Å². The molecule has 0 saturated carbocycles. The lowest BCUT2D eigenvalue weighted by molar-refractivity contribution is 0.0943. The first kappa shape index (κ1) is 17.6. The molecule has 0 fully saturated rings. The van der Waals surface area contributed by atoms with Crippen molar-refractivity contribution in [2.24, 2.45) is 5.92 Å². The zero-order chi connectivity index (χ0) is 18.0. The maximum absolute atomic E-state index is 12.4. The smallest absolute Gasteiger partial charge is 0.273 e. The molecule has 25 heavy (non-hydrogen) atoms. The quantitative estimate of drug-likeness (QED) is 0.907. The molecule has 2 aromatic rings. The van der Waals surface area contributed by atoms with Crippen molar-refractivity contribution in [2.45, 2.75) is 40.7 Å². The Kier molecular flexibility index (Phi) is 5.18. The van der Waals surface area contributed by atoms with Crippen molar-refractivity contribution >= 4 is 5.91 Å². The second kappa shape index (κ2) is 7.35. The molecule has 1 aromatic carbocycles. The predicted octanol–water partition coefficient (Wildman–Crippen LogP) is 2.34. The number of nitrogens with zero attached hydrogens (tertiary/aromatic N) is 4. The summed E-state index contributed by atoms with van der Waals surface area (Å²) in [7, 11) is 0. The Labute approximate surface area is 149 Å². The lowest BCUT2D eigenvalue weighted by Crippen LogP contribution is -2.31. The number of carbonyl (C=O) groups excluding carboxylic acids is 1. The number of aromatic nitrogens is 3. The van der Waals surface area contributed by atoms with E-state index in [1.165, 1.54) is 11.1 Å². The number of carbonyl (C=O) groups is 1. The fourth-order valence-corrected chi connectivity index (χ4v) is 3.26. The summed E-state index contributed by atoms with van der Waals surface area (Å²) >= 11 is 0. The van der Waals surface area contributed by atoms with Gasteiger partial charge in [-0.1, -0.05) is 38.1 Å². The molecule has 0 aliphatic carbocycles. The Morgan fingerprint density at radius 2 is 2.16 bits per heavy atom. The fourth-order valence-electron chi connectivity index (χ4n) is 3.26. The Bertz CT molecular complexity index is 765. The predicted molar refractivity (Wildman–Crippen MR) is 97.9 cm³/mol. The van der Waals surface area contributed by atoms with Crippen LogP contribution >= 0.6 is 0 Å². The molecule has 0 saturated heterocycles. The number of hydrogen-bond acceptors (Lipinski definition) is 4. The van der Waals surface area contributed by atoms with E-state index in [1.54, 1.807) is 0 Å². The maximum Gasteiger partial charge on any atom is 0.273 e. The molecule has 0 unspecified atom stereocenters. The SMILES string of the molecule is CCN1CCc2c(cccc2-n2nnc(C(=O)NCC(C)C)c2C)C1. The molecular formula is C19H27N5O. The molecule has 3 rings (SSSR count). The van der Waals surface area contributed by atoms with E-state index in [9.17, 15) is 4.79 Å². The van der Waals surface area contributed by atoms with Crippen molar-refractivity contribution in [1.82, 2.24) is 25.2 Å². The Morgan fingerprint density at radius 1 is 1.36 bits per heavy atom. The van der Waals surface area contributed by atoms with Gasteiger partial charge in [-0.3, -0.25) is 9.69 Å². The first-order chi connectivity index (χ1) is 12.0. The highest BCUT2D eigenvalue weighted by Crippen LogP contribution is 2.26. The van der Waals surface area contributed by atoms with Crippen molar-refractivity contribution < 1.29 is 4.79 Å². The van der Waals surface area contributed by atoms with Crippen LogP contribution in [0.25, 0.3) is 5.69 Å². The minimum absolute atomic E-state index is 0.153. The van der Waals surface area contributed by atoms with Gasteiger partial charge in [-0.05, 0) is 43.0 Å². The van der Waals surface area contributed by atoms with E-state index in [0.29, 0.717) is 18.2 Å². The van der Waals surface area contributed by atoms with E-state index in [1.807, 2.05) is 11.6 Å². The van der Waals surface area contributed by atoms with Crippen LogP contribution in [-0.2, 0) is 13.0 Å². The van der Waals surface area contributed by atoms with E-state index in [4.69, 9.17) is 0 Å². The third-order valence-corrected chi connectivity index (χ3v) is 4.78. The van der Waals surface area contributed by atoms with Crippen LogP contribution in [-0.4, -0.2) is 45.4 Å². The minimum atomic E-state index is -0.153. The highest BCUT2D eigenvalue weighted by atomic mass is 16.2. The molecule has 0 spiro atoms. The van der Waals surface area contributed by atoms with Gasteiger partial charge in [-0.2, -0.15) is 0 Å². The van der Waals surface area contributed by atoms with Crippen LogP contribution in [0.1, 0.15) is 48.1 Å². The van der Waals surface area contributed by atoms with Gasteiger partial charge < -0.3 is 5.32 Å². The maximum atomic E-state index is 12.4. The second-order valence-electron chi connectivity index (χ2n) is 7.07. The van der Waals surface area contributed by atoms with Gasteiger partial charge in [0.05, 0.1) is 11.4 Å². The summed E-state index contributed by atoms with van der Waals surface area (Å²) in [6, 6.07) is 6.31. The molecule has 6 nitrogen and oxygen atoms in total. The van der Waals surface area contributed by atoms with Crippen LogP contribution in [0.5, 0.6) is 0 Å². The molecule has 1 aliphatic rings. The molecule has 1 aromatic heterocycles. The third kappa shape index (κ3) is 3.58. The molecule has 134 valence electrons. The zero-order valence-electron chi connectivity index (χ0n) is 15.5. The Hall–Kier alpha value is -2.21. The van der Waals surface area contributed by atoms with Crippen LogP contribution in [0.2, 0.25) is 0 Å². The van der Waals surface area contributed by atoms with Crippen LogP contribution in [0.3, 0.4) is 0 Å². The zero-order valence-corrected chi connectivity index (χ0v) is 15.5. The van der Waals surface area contributed by atoms with Crippen molar-refractivity contribution in [2.75, 3.05) is 19.6 Å². The topological polar surface area (TPSA) is 63.1 Å². The first-order valence-corrected chi connectivity index (χ1v) is 9.05. The van der Waals surface area contributed by atoms with Gasteiger partial charge in [-0.15, -0.1) is 5.10 Å². The number of rotatable bonds is 5. The summed E-state index contributed by atoms with van der Waals surface area (Å²) in [5, 5.41) is 11.3. The summed E-state index contributed by atoms with van der Waals surface area (Å²) in [5.41, 5.74) is 4.89. The normalized spacial score (nSPS) is 14.6. The average Bonchev–Trinajstić information content (AvgIpc) is 3.00. The van der Waals surface area contributed by atoms with Gasteiger partial charge >= 0.3 is 0 Å². The van der Waals surface area contributed by atoms with Crippen molar-refractivity contribution in [3.05, 3.63) is 40.7 Å². The molecule has 6 heteroatoms. The fraction of sp³-hybridized carbons (Fsp3) is 0.526. The number of amides is 1. The Morgan fingerprint density at radius 3 is 2.88 bits per heavy atom. The summed E-state index contributed by atoms with van der Waals surface area (Å²) in [4.78, 5) is 14.8. The van der Waals surface area contributed by atoms with Gasteiger partial charge in [-0.25, -0.2) is 4.68 Å². The van der Waals surface area contributed by atoms with E-state index in [-0.39, 0.29) is 5.91 Å². The molecule has 2 heterocycles. The summed E-state index contributed by atoms with van der Waals surface area (Å²) < 4.78 is 1.81. The van der Waals surface area contributed by atoms with Crippen molar-refractivity contribution in [3.63, 3.8) is 0 Å². The average molecular weight is 341 g/mol. The van der Waals surface area contributed by atoms with E-state index < -0.39 is 0 Å². The first-order valence-electron chi connectivity index (χ1n) is 9.05. The van der Waals surface area contributed by atoms with Crippen molar-refractivity contribution in [3.8, 4) is 5.69 Å². The number of fused-ring (bicyclic) bond motifs is 1. The molecule has 1 amide bonds. The number of nitrogens with one attached hydrogen (secondary N) is 1. The molecular weight excluding hydrogens is 314 g/mol. The largest absolute Gasteiger partial charge is 0.350 e. The highest BCUT2D eigenvalue weighted by Gasteiger charge is 2.22. The minimum Gasteiger partial charge on any atom is -0.350 e. The third-order valence-electron chi connectivity index (χ3n) is 4.78. The van der Waals surface area contributed by atoms with Crippen LogP contribution in [0.4, 0.5) is 0 Å². The monoisotopic (exact) mass is 341 g/mol. The molecule has 0 atom stereocenters. The number of hydrogen-bond donors (Lipinski definition) is 1. The summed E-state index contributed by atoms with van der Waals surface area (Å²) in [6.07, 6.45) is 0.994. The van der Waals surface area contributed by atoms with E-state index in [2.05, 4.69) is 59.5 Å². The second-order valence-corrected chi connectivity index (χ2v) is 7.07. The molecule has 0 bridgehead atoms. The number of likely N-dealkylation sites (N-methyl/N-ethyl adjacent to an activating group) is 1. The van der Waals surface area contributed by atoms with Crippen LogP contribution in [0.15, 0.2) is 18.2 Å². The Balaban J connectivity index is 1.90. The van der Waals surface area contributed by atoms with E-state index >= 15 is 0 Å². The van der Waals surface area contributed by atoms with Gasteiger partial charge in [0.25, 0.3) is 5.91 Å². The standard InChI is InChI=1S/C19H27N5O/c1-5-23-10-9-16-15(12-23)7-6-8-17(16)24-14(4)18(21-22-24)19(25)20-11-13(2)3/h6-8,13H,5,9-12H2,1-4H3,(H,20,25). The van der Waals surface area contributed by atoms with Gasteiger partial charge in [0.1, 0.15) is 0 Å². The summed E-state index contributed by atoms with van der Waals surface area (Å²) in [5.74, 6) is 0.251. The number of benzene rings is 1. The van der Waals surface area contributed by atoms with Crippen LogP contribution in [0, 0.1) is 12.8 Å². The summed E-state index contributed by atoms with van der Waals surface area (Å²) in [6.45, 7) is 12.0. The molecule has 0 radical (unpaired) electrons. The van der Waals surface area contributed by atoms with Crippen LogP contribution < -0.4 is 5.32 Å². The van der Waals surface area contributed by atoms with E-state index in [0.717, 1.165) is 37.4 Å². The molecule has 1 aliphatic heterocycles. The lowest BCUT2D eigenvalue weighted by Gasteiger charge is -2.29. The van der Waals surface area contributed by atoms with Gasteiger partial charge in [0.2, 0.25) is 0 Å². The lowest BCUT2D eigenvalue weighted by atomic mass is 9.97.